The molecule has 1 aromatic rings. The van der Waals surface area contributed by atoms with Crippen molar-refractivity contribution in [2.75, 3.05) is 0 Å². The van der Waals surface area contributed by atoms with Crippen molar-refractivity contribution in [3.05, 3.63) is 47.8 Å². The van der Waals surface area contributed by atoms with E-state index >= 15 is 0 Å². The fraction of sp³-hybridized carbons (Fsp3) is 0.550. The van der Waals surface area contributed by atoms with Crippen molar-refractivity contribution >= 4 is 6.29 Å². The van der Waals surface area contributed by atoms with Gasteiger partial charge in [-0.15, -0.1) is 6.58 Å². The zero-order valence-corrected chi connectivity index (χ0v) is 14.1. The lowest BCUT2D eigenvalue weighted by atomic mass is 9.64. The van der Waals surface area contributed by atoms with Crippen molar-refractivity contribution in [2.24, 2.45) is 17.8 Å². The maximum atomic E-state index is 13.4. The monoisotopic (exact) mass is 338 g/mol. The van der Waals surface area contributed by atoms with Crippen molar-refractivity contribution in [3.8, 4) is 0 Å². The largest absolute Gasteiger partial charge is 0.303 e. The summed E-state index contributed by atoms with van der Waals surface area (Å²) in [5, 5.41) is 0. The number of halogens is 3. The molecule has 4 heteroatoms. The van der Waals surface area contributed by atoms with Gasteiger partial charge in [0, 0.05) is 5.92 Å². The summed E-state index contributed by atoms with van der Waals surface area (Å²) >= 11 is 0. The van der Waals surface area contributed by atoms with Crippen molar-refractivity contribution in [3.63, 3.8) is 0 Å². The third kappa shape index (κ3) is 4.28. The number of fused-ring (bicyclic) bond motifs is 1. The lowest BCUT2D eigenvalue weighted by Gasteiger charge is -2.41. The van der Waals surface area contributed by atoms with Crippen LogP contribution in [0.1, 0.15) is 56.9 Å². The molecule has 0 bridgehead atoms. The van der Waals surface area contributed by atoms with E-state index in [2.05, 4.69) is 6.58 Å². The molecule has 2 saturated carbocycles. The molecule has 0 aliphatic heterocycles. The molecule has 0 radical (unpaired) electrons. The standard InChI is InChI=1S/C17H19F3O.C3H6/c18-15-7-14(8-16(19)17(15)20)13-4-3-11-5-10(9-21)1-2-12(11)6-13;1-3-2/h7-13H,1-6H2;3H,1H2,2H3. The van der Waals surface area contributed by atoms with Gasteiger partial charge in [0.05, 0.1) is 0 Å². The molecule has 0 amide bonds. The Hall–Kier alpha value is -1.58. The topological polar surface area (TPSA) is 17.1 Å². The minimum absolute atomic E-state index is 0.101. The molecule has 0 heterocycles. The van der Waals surface area contributed by atoms with E-state index in [0.717, 1.165) is 56.9 Å². The van der Waals surface area contributed by atoms with Crippen molar-refractivity contribution < 1.29 is 18.0 Å². The van der Waals surface area contributed by atoms with Gasteiger partial charge in [-0.25, -0.2) is 13.2 Å². The molecule has 0 N–H and O–H groups in total. The number of aldehydes is 1. The molecule has 4 atom stereocenters. The average Bonchev–Trinajstić information content (AvgIpc) is 2.59. The minimum Gasteiger partial charge on any atom is -0.303 e. The van der Waals surface area contributed by atoms with E-state index < -0.39 is 17.5 Å². The van der Waals surface area contributed by atoms with Crippen LogP contribution in [0.5, 0.6) is 0 Å². The quantitative estimate of drug-likeness (QED) is 0.379. The van der Waals surface area contributed by atoms with Crippen LogP contribution < -0.4 is 0 Å². The molecule has 2 fully saturated rings. The third-order valence-corrected chi connectivity index (χ3v) is 5.32. The molecule has 132 valence electrons. The smallest absolute Gasteiger partial charge is 0.194 e. The lowest BCUT2D eigenvalue weighted by Crippen LogP contribution is -2.31. The van der Waals surface area contributed by atoms with Crippen LogP contribution in [0, 0.1) is 35.2 Å². The summed E-state index contributed by atoms with van der Waals surface area (Å²) in [6.45, 7) is 5.25. The second kappa shape index (κ2) is 8.50. The first-order chi connectivity index (χ1) is 11.5. The zero-order valence-electron chi connectivity index (χ0n) is 14.1. The van der Waals surface area contributed by atoms with Crippen molar-refractivity contribution in [2.45, 2.75) is 51.4 Å². The molecule has 1 aromatic carbocycles. The Kier molecular flexibility index (Phi) is 6.64. The van der Waals surface area contributed by atoms with Crippen molar-refractivity contribution in [1.29, 1.82) is 0 Å². The highest BCUT2D eigenvalue weighted by Crippen LogP contribution is 2.47. The highest BCUT2D eigenvalue weighted by Gasteiger charge is 2.36. The number of carbonyl (C=O) groups is 1. The number of hydrogen-bond donors (Lipinski definition) is 0. The predicted molar refractivity (Wildman–Crippen MR) is 89.2 cm³/mol. The van der Waals surface area contributed by atoms with Gasteiger partial charge in [-0.2, -0.15) is 0 Å². The first-order valence-corrected chi connectivity index (χ1v) is 8.66. The Balaban J connectivity index is 0.000000647. The fourth-order valence-electron chi connectivity index (χ4n) is 4.16. The summed E-state index contributed by atoms with van der Waals surface area (Å²) < 4.78 is 39.8. The van der Waals surface area contributed by atoms with Crippen LogP contribution in [-0.4, -0.2) is 6.29 Å². The van der Waals surface area contributed by atoms with Gasteiger partial charge in [0.15, 0.2) is 17.5 Å². The van der Waals surface area contributed by atoms with Gasteiger partial charge in [-0.05, 0) is 80.9 Å². The summed E-state index contributed by atoms with van der Waals surface area (Å²) in [5.74, 6) is -2.23. The third-order valence-electron chi connectivity index (χ3n) is 5.32. The van der Waals surface area contributed by atoms with E-state index in [1.54, 1.807) is 6.08 Å². The zero-order chi connectivity index (χ0) is 17.7. The highest BCUT2D eigenvalue weighted by molar-refractivity contribution is 5.53. The Bertz CT molecular complexity index is 561. The Labute approximate surface area is 142 Å². The Morgan fingerprint density at radius 1 is 1.00 bits per heavy atom. The van der Waals surface area contributed by atoms with Gasteiger partial charge >= 0.3 is 0 Å². The second-order valence-corrected chi connectivity index (χ2v) is 6.95. The first-order valence-electron chi connectivity index (χ1n) is 8.66. The highest BCUT2D eigenvalue weighted by atomic mass is 19.2. The normalized spacial score (nSPS) is 29.0. The van der Waals surface area contributed by atoms with Crippen LogP contribution in [0.15, 0.2) is 24.8 Å². The summed E-state index contributed by atoms with van der Waals surface area (Å²) in [6, 6.07) is 2.28. The van der Waals surface area contributed by atoms with Gasteiger partial charge < -0.3 is 4.79 Å². The average molecular weight is 338 g/mol. The van der Waals surface area contributed by atoms with Crippen LogP contribution in [-0.2, 0) is 4.79 Å². The van der Waals surface area contributed by atoms with Crippen molar-refractivity contribution in [1.82, 2.24) is 0 Å². The molecule has 3 rings (SSSR count). The summed E-state index contributed by atoms with van der Waals surface area (Å²) in [7, 11) is 0. The molecule has 24 heavy (non-hydrogen) atoms. The molecule has 0 saturated heterocycles. The summed E-state index contributed by atoms with van der Waals surface area (Å²) in [4.78, 5) is 10.9. The Morgan fingerprint density at radius 3 is 2.12 bits per heavy atom. The molecule has 4 unspecified atom stereocenters. The van der Waals surface area contributed by atoms with Crippen LogP contribution in [0.25, 0.3) is 0 Å². The number of carbonyl (C=O) groups excluding carboxylic acids is 1. The van der Waals surface area contributed by atoms with Crippen LogP contribution in [0.4, 0.5) is 13.2 Å². The molecule has 0 aromatic heterocycles. The summed E-state index contributed by atoms with van der Waals surface area (Å²) in [5.41, 5.74) is 0.572. The Morgan fingerprint density at radius 2 is 1.54 bits per heavy atom. The van der Waals surface area contributed by atoms with Crippen LogP contribution in [0.3, 0.4) is 0 Å². The van der Waals surface area contributed by atoms with Gasteiger partial charge in [0.1, 0.15) is 6.29 Å². The van der Waals surface area contributed by atoms with Gasteiger partial charge in [0.2, 0.25) is 0 Å². The van der Waals surface area contributed by atoms with Gasteiger partial charge in [0.25, 0.3) is 0 Å². The molecule has 1 nitrogen and oxygen atoms in total. The number of allylic oxidation sites excluding steroid dienone is 1. The molecule has 2 aliphatic rings. The first kappa shape index (κ1) is 18.8. The predicted octanol–water partition coefficient (Wildman–Crippen LogP) is 5.80. The van der Waals surface area contributed by atoms with E-state index in [9.17, 15) is 18.0 Å². The minimum atomic E-state index is -1.39. The number of rotatable bonds is 2. The second-order valence-electron chi connectivity index (χ2n) is 6.95. The van der Waals surface area contributed by atoms with E-state index in [0.29, 0.717) is 17.4 Å². The van der Waals surface area contributed by atoms with Gasteiger partial charge in [-0.1, -0.05) is 6.08 Å². The number of hydrogen-bond acceptors (Lipinski definition) is 1. The van der Waals surface area contributed by atoms with Gasteiger partial charge in [-0.3, -0.25) is 0 Å². The van der Waals surface area contributed by atoms with E-state index in [1.807, 2.05) is 6.92 Å². The molecular formula is C20H25F3O. The lowest BCUT2D eigenvalue weighted by molar-refractivity contribution is -0.113. The number of benzene rings is 1. The van der Waals surface area contributed by atoms with Crippen LogP contribution in [0.2, 0.25) is 0 Å². The molecule has 2 aliphatic carbocycles. The fourth-order valence-corrected chi connectivity index (χ4v) is 4.16. The molecule has 0 spiro atoms. The van der Waals surface area contributed by atoms with E-state index in [4.69, 9.17) is 0 Å². The maximum Gasteiger partial charge on any atom is 0.194 e. The molecular weight excluding hydrogens is 313 g/mol. The van der Waals surface area contributed by atoms with E-state index in [1.165, 1.54) is 0 Å². The van der Waals surface area contributed by atoms with Crippen LogP contribution >= 0.6 is 0 Å². The maximum absolute atomic E-state index is 13.4. The van der Waals surface area contributed by atoms with E-state index in [-0.39, 0.29) is 11.8 Å². The SMILES string of the molecule is C=CC.O=CC1CCC2CC(c3cc(F)c(F)c(F)c3)CCC2C1. The summed E-state index contributed by atoms with van der Waals surface area (Å²) in [6.07, 6.45) is 8.43.